The van der Waals surface area contributed by atoms with Crippen LogP contribution in [0.25, 0.3) is 10.2 Å². The Morgan fingerprint density at radius 1 is 1.14 bits per heavy atom. The van der Waals surface area contributed by atoms with E-state index >= 15 is 0 Å². The van der Waals surface area contributed by atoms with Gasteiger partial charge in [0.25, 0.3) is 5.91 Å². The molecule has 152 valence electrons. The summed E-state index contributed by atoms with van der Waals surface area (Å²) in [4.78, 5) is 22.3. The van der Waals surface area contributed by atoms with Crippen LogP contribution in [0.3, 0.4) is 0 Å². The van der Waals surface area contributed by atoms with Gasteiger partial charge in [-0.2, -0.15) is 0 Å². The van der Waals surface area contributed by atoms with Gasteiger partial charge in [-0.05, 0) is 42.8 Å². The third-order valence-corrected chi connectivity index (χ3v) is 6.87. The Morgan fingerprint density at radius 3 is 2.72 bits per heavy atom. The molecule has 2 aromatic carbocycles. The minimum atomic E-state index is -0.0219. The number of benzene rings is 2. The molecule has 0 spiro atoms. The Kier molecular flexibility index (Phi) is 6.97. The van der Waals surface area contributed by atoms with E-state index in [-0.39, 0.29) is 5.91 Å². The van der Waals surface area contributed by atoms with Crippen LogP contribution >= 0.6 is 43.2 Å². The number of thiazole rings is 1. The molecule has 1 aromatic heterocycles. The summed E-state index contributed by atoms with van der Waals surface area (Å²) in [5.74, 6) is -0.0219. The lowest BCUT2D eigenvalue weighted by atomic mass is 10.2. The van der Waals surface area contributed by atoms with Gasteiger partial charge in [0.2, 0.25) is 0 Å². The lowest BCUT2D eigenvalue weighted by Crippen LogP contribution is -2.39. The highest BCUT2D eigenvalue weighted by atomic mass is 79.9. The quantitative estimate of drug-likeness (QED) is 0.433. The molecule has 5 nitrogen and oxygen atoms in total. The SMILES string of the molecule is O=C(c1cccc(Br)c1)N(CCCN1CCOCC1)c1nc2ccc(Br)cc2s1. The van der Waals surface area contributed by atoms with Gasteiger partial charge in [-0.25, -0.2) is 4.98 Å². The first-order valence-electron chi connectivity index (χ1n) is 9.54. The van der Waals surface area contributed by atoms with Crippen molar-refractivity contribution in [3.63, 3.8) is 0 Å². The van der Waals surface area contributed by atoms with Gasteiger partial charge < -0.3 is 4.74 Å². The van der Waals surface area contributed by atoms with Gasteiger partial charge in [0.1, 0.15) is 0 Å². The molecule has 4 rings (SSSR count). The summed E-state index contributed by atoms with van der Waals surface area (Å²) in [7, 11) is 0. The Balaban J connectivity index is 1.57. The molecule has 3 aromatic rings. The molecule has 0 radical (unpaired) electrons. The van der Waals surface area contributed by atoms with Crippen molar-refractivity contribution in [2.24, 2.45) is 0 Å². The van der Waals surface area contributed by atoms with Crippen molar-refractivity contribution in [2.75, 3.05) is 44.3 Å². The maximum absolute atomic E-state index is 13.4. The van der Waals surface area contributed by atoms with Crippen LogP contribution < -0.4 is 4.90 Å². The van der Waals surface area contributed by atoms with E-state index < -0.39 is 0 Å². The van der Waals surface area contributed by atoms with E-state index in [0.29, 0.717) is 12.1 Å². The van der Waals surface area contributed by atoms with Gasteiger partial charge in [0.05, 0.1) is 23.4 Å². The van der Waals surface area contributed by atoms with Crippen LogP contribution in [0.15, 0.2) is 51.4 Å². The smallest absolute Gasteiger partial charge is 0.260 e. The van der Waals surface area contributed by atoms with E-state index in [1.165, 1.54) is 0 Å². The molecular formula is C21H21Br2N3O2S. The summed E-state index contributed by atoms with van der Waals surface area (Å²) in [5, 5.41) is 0.741. The maximum Gasteiger partial charge on any atom is 0.260 e. The fourth-order valence-electron chi connectivity index (χ4n) is 3.34. The first-order chi connectivity index (χ1) is 14.1. The topological polar surface area (TPSA) is 45.7 Å². The van der Waals surface area contributed by atoms with E-state index in [0.717, 1.165) is 63.6 Å². The molecule has 0 saturated carbocycles. The third kappa shape index (κ3) is 5.24. The van der Waals surface area contributed by atoms with E-state index in [9.17, 15) is 4.79 Å². The summed E-state index contributed by atoms with van der Waals surface area (Å²) >= 11 is 8.54. The summed E-state index contributed by atoms with van der Waals surface area (Å²) in [6.07, 6.45) is 0.888. The fraction of sp³-hybridized carbons (Fsp3) is 0.333. The van der Waals surface area contributed by atoms with Crippen LogP contribution in [0, 0.1) is 0 Å². The molecule has 1 aliphatic rings. The van der Waals surface area contributed by atoms with Crippen LogP contribution in [0.1, 0.15) is 16.8 Å². The van der Waals surface area contributed by atoms with Gasteiger partial charge in [0.15, 0.2) is 5.13 Å². The number of carbonyl (C=O) groups is 1. The van der Waals surface area contributed by atoms with Gasteiger partial charge in [0, 0.05) is 40.7 Å². The number of halogens is 2. The molecule has 8 heteroatoms. The van der Waals surface area contributed by atoms with Crippen LogP contribution in [0.2, 0.25) is 0 Å². The predicted octanol–water partition coefficient (Wildman–Crippen LogP) is 5.19. The molecule has 1 fully saturated rings. The van der Waals surface area contributed by atoms with Gasteiger partial charge >= 0.3 is 0 Å². The van der Waals surface area contributed by atoms with Crippen LogP contribution in [0.5, 0.6) is 0 Å². The van der Waals surface area contributed by atoms with Crippen molar-refractivity contribution in [2.45, 2.75) is 6.42 Å². The van der Waals surface area contributed by atoms with Crippen molar-refractivity contribution in [3.8, 4) is 0 Å². The third-order valence-electron chi connectivity index (χ3n) is 4.85. The highest BCUT2D eigenvalue weighted by Crippen LogP contribution is 2.32. The molecule has 1 saturated heterocycles. The number of ether oxygens (including phenoxy) is 1. The number of anilines is 1. The van der Waals surface area contributed by atoms with Crippen molar-refractivity contribution in [1.82, 2.24) is 9.88 Å². The number of carbonyl (C=O) groups excluding carboxylic acids is 1. The second-order valence-corrected chi connectivity index (χ2v) is 9.72. The zero-order chi connectivity index (χ0) is 20.2. The molecule has 29 heavy (non-hydrogen) atoms. The molecule has 1 aliphatic heterocycles. The zero-order valence-corrected chi connectivity index (χ0v) is 19.8. The van der Waals surface area contributed by atoms with Crippen molar-refractivity contribution in [3.05, 3.63) is 57.0 Å². The number of amides is 1. The second-order valence-electron chi connectivity index (χ2n) is 6.88. The van der Waals surface area contributed by atoms with E-state index in [1.807, 2.05) is 47.4 Å². The number of morpholine rings is 1. The first kappa shape index (κ1) is 20.9. The number of hydrogen-bond acceptors (Lipinski definition) is 5. The van der Waals surface area contributed by atoms with E-state index in [1.54, 1.807) is 11.3 Å². The van der Waals surface area contributed by atoms with Gasteiger partial charge in [-0.3, -0.25) is 14.6 Å². The fourth-order valence-corrected chi connectivity index (χ4v) is 5.28. The number of rotatable bonds is 6. The largest absolute Gasteiger partial charge is 0.379 e. The molecule has 0 unspecified atom stereocenters. The van der Waals surface area contributed by atoms with Crippen LogP contribution in [-0.4, -0.2) is 55.2 Å². The molecule has 2 heterocycles. The minimum Gasteiger partial charge on any atom is -0.379 e. The van der Waals surface area contributed by atoms with Gasteiger partial charge in [-0.1, -0.05) is 49.3 Å². The highest BCUT2D eigenvalue weighted by molar-refractivity contribution is 9.10. The summed E-state index contributed by atoms with van der Waals surface area (Å²) in [5.41, 5.74) is 1.57. The predicted molar refractivity (Wildman–Crippen MR) is 125 cm³/mol. The van der Waals surface area contributed by atoms with Crippen molar-refractivity contribution >= 4 is 64.5 Å². The number of aromatic nitrogens is 1. The zero-order valence-electron chi connectivity index (χ0n) is 15.8. The highest BCUT2D eigenvalue weighted by Gasteiger charge is 2.22. The maximum atomic E-state index is 13.4. The molecular weight excluding hydrogens is 518 g/mol. The molecule has 0 aliphatic carbocycles. The summed E-state index contributed by atoms with van der Waals surface area (Å²) in [6, 6.07) is 13.5. The normalized spacial score (nSPS) is 15.0. The van der Waals surface area contributed by atoms with Crippen molar-refractivity contribution < 1.29 is 9.53 Å². The number of nitrogens with zero attached hydrogens (tertiary/aromatic N) is 3. The monoisotopic (exact) mass is 537 g/mol. The van der Waals surface area contributed by atoms with Crippen molar-refractivity contribution in [1.29, 1.82) is 0 Å². The Bertz CT molecular complexity index is 1000. The lowest BCUT2D eigenvalue weighted by Gasteiger charge is -2.27. The Morgan fingerprint density at radius 2 is 1.93 bits per heavy atom. The lowest BCUT2D eigenvalue weighted by molar-refractivity contribution is 0.0376. The Hall–Kier alpha value is -1.32. The summed E-state index contributed by atoms with van der Waals surface area (Å²) in [6.45, 7) is 5.05. The summed E-state index contributed by atoms with van der Waals surface area (Å²) < 4.78 is 8.39. The van der Waals surface area contributed by atoms with Crippen LogP contribution in [-0.2, 0) is 4.74 Å². The average molecular weight is 539 g/mol. The average Bonchev–Trinajstić information content (AvgIpc) is 3.14. The van der Waals surface area contributed by atoms with Gasteiger partial charge in [-0.15, -0.1) is 0 Å². The molecule has 0 bridgehead atoms. The molecule has 0 N–H and O–H groups in total. The number of fused-ring (bicyclic) bond motifs is 1. The molecule has 0 atom stereocenters. The number of hydrogen-bond donors (Lipinski definition) is 0. The second kappa shape index (κ2) is 9.66. The molecule has 1 amide bonds. The standard InChI is InChI=1S/C21H21Br2N3O2S/c22-16-4-1-3-15(13-16)20(27)26(8-2-7-25-9-11-28-12-10-25)21-24-18-6-5-17(23)14-19(18)29-21/h1,3-6,13-14H,2,7-12H2. The van der Waals surface area contributed by atoms with E-state index in [4.69, 9.17) is 9.72 Å². The van der Waals surface area contributed by atoms with E-state index in [2.05, 4.69) is 36.8 Å². The van der Waals surface area contributed by atoms with Crippen LogP contribution in [0.4, 0.5) is 5.13 Å². The first-order valence-corrected chi connectivity index (χ1v) is 11.9. The minimum absolute atomic E-state index is 0.0219. The Labute approximate surface area is 190 Å².